The lowest BCUT2D eigenvalue weighted by molar-refractivity contribution is 0.157. The third-order valence-electron chi connectivity index (χ3n) is 4.59. The number of rotatable bonds is 2. The molecule has 0 bridgehead atoms. The van der Waals surface area contributed by atoms with Crippen molar-refractivity contribution in [3.8, 4) is 0 Å². The lowest BCUT2D eigenvalue weighted by Gasteiger charge is -2.26. The van der Waals surface area contributed by atoms with Gasteiger partial charge >= 0.3 is 0 Å². The molecule has 102 valence electrons. The highest BCUT2D eigenvalue weighted by Crippen LogP contribution is 2.40. The molecule has 2 aliphatic heterocycles. The molecule has 1 aliphatic carbocycles. The Kier molecular flexibility index (Phi) is 3.24. The third kappa shape index (κ3) is 2.12. The number of nitrogens with zero attached hydrogens (tertiary/aromatic N) is 1. The Balaban J connectivity index is 1.73. The first-order chi connectivity index (χ1) is 8.62. The second kappa shape index (κ2) is 4.62. The van der Waals surface area contributed by atoms with E-state index in [9.17, 15) is 8.42 Å². The Bertz CT molecular complexity index is 437. The van der Waals surface area contributed by atoms with Gasteiger partial charge in [0.15, 0.2) is 0 Å². The minimum absolute atomic E-state index is 0.123. The quantitative estimate of drug-likeness (QED) is 0.716. The van der Waals surface area contributed by atoms with Gasteiger partial charge in [-0.15, -0.1) is 0 Å². The Morgan fingerprint density at radius 2 is 2.17 bits per heavy atom. The van der Waals surface area contributed by atoms with Gasteiger partial charge in [0.1, 0.15) is 0 Å². The number of sulfonamides is 1. The van der Waals surface area contributed by atoms with Crippen molar-refractivity contribution < 1.29 is 13.2 Å². The smallest absolute Gasteiger partial charge is 0.217 e. The van der Waals surface area contributed by atoms with Gasteiger partial charge in [-0.25, -0.2) is 12.7 Å². The maximum atomic E-state index is 12.6. The van der Waals surface area contributed by atoms with Crippen molar-refractivity contribution >= 4 is 10.0 Å². The van der Waals surface area contributed by atoms with Crippen molar-refractivity contribution in [3.05, 3.63) is 12.2 Å². The molecule has 2 atom stereocenters. The van der Waals surface area contributed by atoms with Gasteiger partial charge in [0.25, 0.3) is 0 Å². The zero-order chi connectivity index (χ0) is 12.6. The molecule has 2 fully saturated rings. The van der Waals surface area contributed by atoms with Crippen molar-refractivity contribution in [1.82, 2.24) is 4.31 Å². The molecule has 3 rings (SSSR count). The number of hydrogen-bond donors (Lipinski definition) is 0. The van der Waals surface area contributed by atoms with E-state index in [0.717, 1.165) is 38.9 Å². The molecule has 2 heterocycles. The monoisotopic (exact) mass is 271 g/mol. The second-order valence-electron chi connectivity index (χ2n) is 5.84. The van der Waals surface area contributed by atoms with Gasteiger partial charge in [-0.2, -0.15) is 0 Å². The highest BCUT2D eigenvalue weighted by molar-refractivity contribution is 7.89. The van der Waals surface area contributed by atoms with Crippen LogP contribution in [0.15, 0.2) is 12.2 Å². The summed E-state index contributed by atoms with van der Waals surface area (Å²) in [5.74, 6) is 0. The van der Waals surface area contributed by atoms with E-state index in [4.69, 9.17) is 4.74 Å². The summed E-state index contributed by atoms with van der Waals surface area (Å²) in [5, 5.41) is -0.194. The summed E-state index contributed by atoms with van der Waals surface area (Å²) in [6.07, 6.45) is 8.43. The summed E-state index contributed by atoms with van der Waals surface area (Å²) < 4.78 is 32.3. The summed E-state index contributed by atoms with van der Waals surface area (Å²) >= 11 is 0. The van der Waals surface area contributed by atoms with Gasteiger partial charge in [0.05, 0.1) is 11.9 Å². The molecular weight excluding hydrogens is 250 g/mol. The highest BCUT2D eigenvalue weighted by Gasteiger charge is 2.46. The lowest BCUT2D eigenvalue weighted by atomic mass is 9.87. The van der Waals surface area contributed by atoms with Crippen LogP contribution in [0.25, 0.3) is 0 Å². The minimum atomic E-state index is -3.10. The van der Waals surface area contributed by atoms with E-state index in [-0.39, 0.29) is 10.7 Å². The maximum absolute atomic E-state index is 12.6. The van der Waals surface area contributed by atoms with Crippen LogP contribution in [0.4, 0.5) is 0 Å². The molecule has 0 amide bonds. The van der Waals surface area contributed by atoms with Gasteiger partial charge in [0.2, 0.25) is 10.0 Å². The predicted octanol–water partition coefficient (Wildman–Crippen LogP) is 1.54. The zero-order valence-corrected chi connectivity index (χ0v) is 11.5. The fraction of sp³-hybridized carbons (Fsp3) is 0.846. The molecule has 0 aromatic carbocycles. The topological polar surface area (TPSA) is 46.6 Å². The molecule has 5 heteroatoms. The van der Waals surface area contributed by atoms with Crippen LogP contribution in [0.1, 0.15) is 32.1 Å². The molecule has 0 N–H and O–H groups in total. The van der Waals surface area contributed by atoms with Crippen molar-refractivity contribution in [2.24, 2.45) is 5.41 Å². The van der Waals surface area contributed by atoms with Gasteiger partial charge in [-0.3, -0.25) is 0 Å². The fourth-order valence-electron chi connectivity index (χ4n) is 3.33. The summed E-state index contributed by atoms with van der Waals surface area (Å²) in [5.41, 5.74) is 0.123. The van der Waals surface area contributed by atoms with Gasteiger partial charge in [0, 0.05) is 25.1 Å². The fourth-order valence-corrected chi connectivity index (χ4v) is 5.34. The van der Waals surface area contributed by atoms with E-state index in [1.165, 1.54) is 0 Å². The summed E-state index contributed by atoms with van der Waals surface area (Å²) in [6.45, 7) is 2.89. The molecule has 0 saturated carbocycles. The van der Waals surface area contributed by atoms with E-state index >= 15 is 0 Å². The lowest BCUT2D eigenvalue weighted by Crippen LogP contribution is -2.39. The van der Waals surface area contributed by atoms with Crippen molar-refractivity contribution in [3.63, 3.8) is 0 Å². The molecule has 1 spiro atoms. The van der Waals surface area contributed by atoms with Crippen molar-refractivity contribution in [1.29, 1.82) is 0 Å². The van der Waals surface area contributed by atoms with Crippen LogP contribution < -0.4 is 0 Å². The van der Waals surface area contributed by atoms with E-state index in [1.54, 1.807) is 4.31 Å². The van der Waals surface area contributed by atoms with Crippen LogP contribution in [0.5, 0.6) is 0 Å². The van der Waals surface area contributed by atoms with Crippen LogP contribution in [0.3, 0.4) is 0 Å². The Morgan fingerprint density at radius 1 is 1.28 bits per heavy atom. The summed E-state index contributed by atoms with van der Waals surface area (Å²) in [4.78, 5) is 0. The number of allylic oxidation sites excluding steroid dienone is 2. The average Bonchev–Trinajstić information content (AvgIpc) is 3.02. The Labute approximate surface area is 109 Å². The standard InChI is InChI=1S/C13H21NO3S/c15-18(16,12-4-2-1-3-5-12)14-8-6-13(10-14)7-9-17-11-13/h1-2,12H,3-11H2. The van der Waals surface area contributed by atoms with Crippen LogP contribution in [0, 0.1) is 5.41 Å². The molecule has 0 aromatic heterocycles. The molecule has 3 aliphatic rings. The third-order valence-corrected chi connectivity index (χ3v) is 6.89. The van der Waals surface area contributed by atoms with E-state index in [0.29, 0.717) is 19.5 Å². The minimum Gasteiger partial charge on any atom is -0.381 e. The molecule has 2 saturated heterocycles. The summed E-state index contributed by atoms with van der Waals surface area (Å²) in [6, 6.07) is 0. The van der Waals surface area contributed by atoms with Crippen molar-refractivity contribution in [2.45, 2.75) is 37.4 Å². The first-order valence-corrected chi connectivity index (χ1v) is 8.35. The summed E-state index contributed by atoms with van der Waals surface area (Å²) in [7, 11) is -3.10. The zero-order valence-electron chi connectivity index (χ0n) is 10.7. The molecule has 4 nitrogen and oxygen atoms in total. The first-order valence-electron chi connectivity index (χ1n) is 6.84. The van der Waals surface area contributed by atoms with Gasteiger partial charge < -0.3 is 4.74 Å². The second-order valence-corrected chi connectivity index (χ2v) is 8.05. The van der Waals surface area contributed by atoms with E-state index in [1.807, 2.05) is 6.08 Å². The molecule has 2 unspecified atom stereocenters. The maximum Gasteiger partial charge on any atom is 0.217 e. The SMILES string of the molecule is O=S(=O)(C1CC=CCC1)N1CCC2(CCOC2)C1. The Morgan fingerprint density at radius 3 is 2.83 bits per heavy atom. The largest absolute Gasteiger partial charge is 0.381 e. The number of ether oxygens (including phenoxy) is 1. The molecular formula is C13H21NO3S. The van der Waals surface area contributed by atoms with E-state index in [2.05, 4.69) is 6.08 Å². The van der Waals surface area contributed by atoms with Crippen molar-refractivity contribution in [2.75, 3.05) is 26.3 Å². The number of hydrogen-bond acceptors (Lipinski definition) is 3. The highest BCUT2D eigenvalue weighted by atomic mass is 32.2. The van der Waals surface area contributed by atoms with Crippen LogP contribution >= 0.6 is 0 Å². The molecule has 0 aromatic rings. The first kappa shape index (κ1) is 12.6. The van der Waals surface area contributed by atoms with Crippen LogP contribution in [0.2, 0.25) is 0 Å². The van der Waals surface area contributed by atoms with Crippen LogP contribution in [-0.2, 0) is 14.8 Å². The molecule has 18 heavy (non-hydrogen) atoms. The predicted molar refractivity (Wildman–Crippen MR) is 69.8 cm³/mol. The van der Waals surface area contributed by atoms with Gasteiger partial charge in [-0.05, 0) is 32.1 Å². The Hall–Kier alpha value is -0.390. The van der Waals surface area contributed by atoms with E-state index < -0.39 is 10.0 Å². The normalized spacial score (nSPS) is 37.7. The van der Waals surface area contributed by atoms with Gasteiger partial charge in [-0.1, -0.05) is 12.2 Å². The average molecular weight is 271 g/mol. The molecule has 0 radical (unpaired) electrons. The van der Waals surface area contributed by atoms with Crippen LogP contribution in [-0.4, -0.2) is 44.3 Å².